The predicted octanol–water partition coefficient (Wildman–Crippen LogP) is 5.47. The molecule has 0 spiro atoms. The second-order valence-corrected chi connectivity index (χ2v) is 8.60. The van der Waals surface area contributed by atoms with Crippen LogP contribution in [0.2, 0.25) is 5.02 Å². The summed E-state index contributed by atoms with van der Waals surface area (Å²) in [4.78, 5) is 34.4. The van der Waals surface area contributed by atoms with E-state index in [4.69, 9.17) is 11.6 Å². The van der Waals surface area contributed by atoms with E-state index in [-0.39, 0.29) is 22.3 Å². The quantitative estimate of drug-likeness (QED) is 0.300. The average Bonchev–Trinajstić information content (AvgIpc) is 3.37. The molecule has 29 heavy (non-hydrogen) atoms. The number of hydrogen-bond donors (Lipinski definition) is 0. The van der Waals surface area contributed by atoms with Crippen molar-refractivity contribution in [2.24, 2.45) is 0 Å². The maximum atomic E-state index is 13.2. The van der Waals surface area contributed by atoms with Crippen LogP contribution in [-0.4, -0.2) is 20.8 Å². The second kappa shape index (κ2) is 7.86. The minimum atomic E-state index is -0.506. The number of thiophene rings is 1. The molecule has 0 N–H and O–H groups in total. The molecule has 1 amide bonds. The van der Waals surface area contributed by atoms with Gasteiger partial charge in [-0.15, -0.1) is 0 Å². The topological polar surface area (TPSA) is 89.2 Å². The summed E-state index contributed by atoms with van der Waals surface area (Å²) in [5.41, 5.74) is 2.25. The van der Waals surface area contributed by atoms with Gasteiger partial charge in [0.1, 0.15) is 0 Å². The van der Waals surface area contributed by atoms with Crippen LogP contribution in [0.25, 0.3) is 10.2 Å². The summed E-state index contributed by atoms with van der Waals surface area (Å²) in [6, 6.07) is 11.9. The van der Waals surface area contributed by atoms with Crippen molar-refractivity contribution in [1.29, 1.82) is 0 Å². The number of benzene rings is 1. The molecular weight excluding hydrogens is 432 g/mol. The Morgan fingerprint density at radius 2 is 2.03 bits per heavy atom. The molecule has 0 atom stereocenters. The summed E-state index contributed by atoms with van der Waals surface area (Å²) in [6.45, 7) is 2.07. The van der Waals surface area contributed by atoms with Gasteiger partial charge in [-0.3, -0.25) is 24.8 Å². The Morgan fingerprint density at radius 3 is 2.72 bits per heavy atom. The number of nitro groups is 1. The molecule has 0 radical (unpaired) electrons. The van der Waals surface area contributed by atoms with E-state index in [9.17, 15) is 14.9 Å². The lowest BCUT2D eigenvalue weighted by Crippen LogP contribution is -2.30. The molecule has 3 heterocycles. The number of aryl methyl sites for hydroxylation is 1. The third-order valence-electron chi connectivity index (χ3n) is 4.24. The molecule has 4 aromatic rings. The highest BCUT2D eigenvalue weighted by Gasteiger charge is 2.25. The van der Waals surface area contributed by atoms with Gasteiger partial charge in [-0.2, -0.15) is 0 Å². The van der Waals surface area contributed by atoms with Crippen LogP contribution in [0.15, 0.2) is 48.7 Å². The molecule has 0 aliphatic rings. The summed E-state index contributed by atoms with van der Waals surface area (Å²) >= 11 is 8.41. The number of hydrogen-bond acceptors (Lipinski definition) is 7. The van der Waals surface area contributed by atoms with Crippen molar-refractivity contribution in [2.45, 2.75) is 13.5 Å². The first kappa shape index (κ1) is 19.4. The molecule has 0 aliphatic heterocycles. The number of carbonyl (C=O) groups excluding carboxylic acids is 1. The number of amides is 1. The van der Waals surface area contributed by atoms with Crippen molar-refractivity contribution < 1.29 is 9.72 Å². The molecule has 3 aromatic heterocycles. The molecular formula is C19H13ClN4O3S2. The van der Waals surface area contributed by atoms with Gasteiger partial charge in [0, 0.05) is 17.3 Å². The minimum absolute atomic E-state index is 0.0851. The van der Waals surface area contributed by atoms with Crippen molar-refractivity contribution in [2.75, 3.05) is 4.90 Å². The van der Waals surface area contributed by atoms with Crippen LogP contribution >= 0.6 is 34.3 Å². The normalized spacial score (nSPS) is 11.0. The maximum Gasteiger partial charge on any atom is 0.324 e. The summed E-state index contributed by atoms with van der Waals surface area (Å²) in [6.07, 6.45) is 1.65. The first-order valence-electron chi connectivity index (χ1n) is 8.45. The number of rotatable bonds is 5. The molecule has 10 heteroatoms. The summed E-state index contributed by atoms with van der Waals surface area (Å²) < 4.78 is 0.901. The summed E-state index contributed by atoms with van der Waals surface area (Å²) in [5, 5.41) is 12.0. The van der Waals surface area contributed by atoms with E-state index >= 15 is 0 Å². The Labute approximate surface area is 178 Å². The number of anilines is 1. The largest absolute Gasteiger partial charge is 0.324 e. The SMILES string of the molecule is Cc1c(Cl)ccc2sc(N(Cc3ccccn3)C(=O)c3ccc([N+](=O)[O-])s3)nc12. The highest BCUT2D eigenvalue weighted by atomic mass is 35.5. The standard InChI is InChI=1S/C19H13ClN4O3S2/c1-11-13(20)5-6-14-17(11)22-19(29-14)23(10-12-4-2-3-9-21-12)18(25)15-7-8-16(28-15)24(26)27/h2-9H,10H2,1H3. The van der Waals surface area contributed by atoms with E-state index < -0.39 is 4.92 Å². The molecule has 0 saturated heterocycles. The van der Waals surface area contributed by atoms with Crippen LogP contribution < -0.4 is 4.90 Å². The summed E-state index contributed by atoms with van der Waals surface area (Å²) in [7, 11) is 0. The zero-order chi connectivity index (χ0) is 20.5. The lowest BCUT2D eigenvalue weighted by Gasteiger charge is -2.18. The molecule has 0 saturated carbocycles. The van der Waals surface area contributed by atoms with Gasteiger partial charge >= 0.3 is 5.00 Å². The highest BCUT2D eigenvalue weighted by Crippen LogP contribution is 2.35. The zero-order valence-corrected chi connectivity index (χ0v) is 17.4. The third-order valence-corrected chi connectivity index (χ3v) is 6.72. The Kier molecular flexibility index (Phi) is 5.27. The van der Waals surface area contributed by atoms with Crippen LogP contribution in [-0.2, 0) is 6.54 Å². The van der Waals surface area contributed by atoms with Gasteiger partial charge in [-0.05, 0) is 42.8 Å². The van der Waals surface area contributed by atoms with Crippen molar-refractivity contribution in [3.8, 4) is 0 Å². The molecule has 7 nitrogen and oxygen atoms in total. The summed E-state index contributed by atoms with van der Waals surface area (Å²) in [5.74, 6) is -0.364. The lowest BCUT2D eigenvalue weighted by molar-refractivity contribution is -0.380. The lowest BCUT2D eigenvalue weighted by atomic mass is 10.2. The van der Waals surface area contributed by atoms with Crippen LogP contribution in [0.5, 0.6) is 0 Å². The van der Waals surface area contributed by atoms with Crippen LogP contribution in [0.4, 0.5) is 10.1 Å². The third kappa shape index (κ3) is 3.84. The van der Waals surface area contributed by atoms with E-state index in [1.165, 1.54) is 28.4 Å². The maximum absolute atomic E-state index is 13.2. The molecule has 4 rings (SSSR count). The van der Waals surface area contributed by atoms with Crippen LogP contribution in [0.3, 0.4) is 0 Å². The Bertz CT molecular complexity index is 1220. The number of nitrogens with zero attached hydrogens (tertiary/aromatic N) is 4. The molecule has 146 valence electrons. The molecule has 0 unspecified atom stereocenters. The fraction of sp³-hybridized carbons (Fsp3) is 0.105. The van der Waals surface area contributed by atoms with E-state index in [0.717, 1.165) is 27.1 Å². The fourth-order valence-corrected chi connectivity index (χ4v) is 4.70. The zero-order valence-electron chi connectivity index (χ0n) is 15.0. The number of fused-ring (bicyclic) bond motifs is 1. The van der Waals surface area contributed by atoms with Gasteiger partial charge in [0.15, 0.2) is 5.13 Å². The van der Waals surface area contributed by atoms with E-state index in [1.807, 2.05) is 25.1 Å². The van der Waals surface area contributed by atoms with E-state index in [1.54, 1.807) is 18.3 Å². The van der Waals surface area contributed by atoms with E-state index in [2.05, 4.69) is 9.97 Å². The van der Waals surface area contributed by atoms with Gasteiger partial charge in [-0.25, -0.2) is 4.98 Å². The number of aromatic nitrogens is 2. The highest BCUT2D eigenvalue weighted by molar-refractivity contribution is 7.22. The Balaban J connectivity index is 1.78. The number of halogens is 1. The van der Waals surface area contributed by atoms with Gasteiger partial charge in [0.2, 0.25) is 0 Å². The first-order valence-corrected chi connectivity index (χ1v) is 10.5. The Morgan fingerprint density at radius 1 is 1.21 bits per heavy atom. The van der Waals surface area contributed by atoms with Gasteiger partial charge in [-0.1, -0.05) is 40.3 Å². The molecule has 0 bridgehead atoms. The average molecular weight is 445 g/mol. The van der Waals surface area contributed by atoms with Crippen molar-refractivity contribution in [3.63, 3.8) is 0 Å². The number of thiazole rings is 1. The minimum Gasteiger partial charge on any atom is -0.277 e. The van der Waals surface area contributed by atoms with Crippen LogP contribution in [0, 0.1) is 17.0 Å². The fourth-order valence-electron chi connectivity index (χ4n) is 2.76. The molecule has 0 fully saturated rings. The molecule has 0 aliphatic carbocycles. The second-order valence-electron chi connectivity index (χ2n) is 6.12. The predicted molar refractivity (Wildman–Crippen MR) is 115 cm³/mol. The van der Waals surface area contributed by atoms with Gasteiger partial charge in [0.05, 0.1) is 32.3 Å². The van der Waals surface area contributed by atoms with Gasteiger partial charge < -0.3 is 0 Å². The smallest absolute Gasteiger partial charge is 0.277 e. The van der Waals surface area contributed by atoms with Crippen molar-refractivity contribution in [3.05, 3.63) is 79.9 Å². The van der Waals surface area contributed by atoms with Crippen molar-refractivity contribution >= 4 is 60.5 Å². The van der Waals surface area contributed by atoms with Crippen molar-refractivity contribution in [1.82, 2.24) is 9.97 Å². The van der Waals surface area contributed by atoms with E-state index in [0.29, 0.717) is 15.8 Å². The molecule has 1 aromatic carbocycles. The number of carbonyl (C=O) groups is 1. The van der Waals surface area contributed by atoms with Crippen LogP contribution in [0.1, 0.15) is 20.9 Å². The monoisotopic (exact) mass is 444 g/mol. The van der Waals surface area contributed by atoms with Gasteiger partial charge in [0.25, 0.3) is 5.91 Å². The Hall–Kier alpha value is -2.88. The number of pyridine rings is 1. The first-order chi connectivity index (χ1) is 13.9.